The van der Waals surface area contributed by atoms with Gasteiger partial charge in [-0.1, -0.05) is 18.2 Å². The summed E-state index contributed by atoms with van der Waals surface area (Å²) in [5.74, 6) is 0.570. The molecule has 1 atom stereocenters. The minimum Gasteiger partial charge on any atom is -0.489 e. The molecule has 4 N–H and O–H groups in total. The van der Waals surface area contributed by atoms with Crippen LogP contribution in [-0.4, -0.2) is 88.3 Å². The number of amidine groups is 1. The van der Waals surface area contributed by atoms with Crippen LogP contribution in [0, 0.1) is 0 Å². The average molecular weight is 591 g/mol. The highest BCUT2D eigenvalue weighted by Gasteiger charge is 2.28. The number of carbonyl (C=O) groups excluding carboxylic acids is 2. The maximum atomic E-state index is 12.5. The van der Waals surface area contributed by atoms with Crippen molar-refractivity contribution in [2.75, 3.05) is 44.2 Å². The maximum absolute atomic E-state index is 12.5. The molecule has 220 valence electrons. The number of benzene rings is 2. The van der Waals surface area contributed by atoms with Gasteiger partial charge in [0.25, 0.3) is 5.91 Å². The van der Waals surface area contributed by atoms with Gasteiger partial charge in [0.15, 0.2) is 5.17 Å². The number of aromatic nitrogens is 2. The number of fused-ring (bicyclic) bond motifs is 1. The Morgan fingerprint density at radius 3 is 2.55 bits per heavy atom. The Labute approximate surface area is 247 Å². The van der Waals surface area contributed by atoms with E-state index in [-0.39, 0.29) is 24.0 Å². The number of imidazole rings is 1. The lowest BCUT2D eigenvalue weighted by Gasteiger charge is -2.34. The highest BCUT2D eigenvalue weighted by atomic mass is 32.2. The smallest absolute Gasteiger partial charge is 0.323 e. The summed E-state index contributed by atoms with van der Waals surface area (Å²) in [6.45, 7) is 3.59. The second-order valence-electron chi connectivity index (χ2n) is 10.8. The molecule has 2 fully saturated rings. The Hall–Kier alpha value is -3.87. The Bertz CT molecular complexity index is 1560. The third kappa shape index (κ3) is 6.61. The van der Waals surface area contributed by atoms with Gasteiger partial charge in [0.05, 0.1) is 10.4 Å². The maximum Gasteiger partial charge on any atom is 0.323 e. The Kier molecular flexibility index (Phi) is 8.45. The molecule has 0 spiro atoms. The van der Waals surface area contributed by atoms with E-state index in [1.54, 1.807) is 18.2 Å². The van der Waals surface area contributed by atoms with Gasteiger partial charge >= 0.3 is 5.69 Å². The SMILES string of the molecule is O=C1CCN(C2=NC(=O)/C(=C/c3ccc(N4CCC(NCC(O)COc5cccc6[nH]c(=O)[nH]c56)CC4)cc3)S2)CC1. The van der Waals surface area contributed by atoms with E-state index in [1.165, 1.54) is 11.8 Å². The van der Waals surface area contributed by atoms with Gasteiger partial charge in [-0.25, -0.2) is 4.79 Å². The number of aliphatic imine (C=N–C) groups is 1. The average Bonchev–Trinajstić information content (AvgIpc) is 3.57. The molecule has 0 radical (unpaired) electrons. The Morgan fingerprint density at radius 2 is 1.79 bits per heavy atom. The molecule has 1 amide bonds. The van der Waals surface area contributed by atoms with Crippen molar-refractivity contribution in [3.05, 3.63) is 63.4 Å². The summed E-state index contributed by atoms with van der Waals surface area (Å²) >= 11 is 1.38. The molecule has 0 bridgehead atoms. The highest BCUT2D eigenvalue weighted by Crippen LogP contribution is 2.32. The monoisotopic (exact) mass is 590 g/mol. The summed E-state index contributed by atoms with van der Waals surface area (Å²) in [6.07, 6.45) is 4.13. The van der Waals surface area contributed by atoms with E-state index < -0.39 is 6.10 Å². The third-order valence-corrected chi connectivity index (χ3v) is 8.88. The van der Waals surface area contributed by atoms with E-state index in [4.69, 9.17) is 4.74 Å². The van der Waals surface area contributed by atoms with Gasteiger partial charge in [0.1, 0.15) is 29.8 Å². The van der Waals surface area contributed by atoms with Crippen LogP contribution in [0.4, 0.5) is 5.69 Å². The number of anilines is 1. The van der Waals surface area contributed by atoms with Crippen LogP contribution in [0.15, 0.2) is 57.2 Å². The van der Waals surface area contributed by atoms with Gasteiger partial charge in [-0.05, 0) is 60.5 Å². The lowest BCUT2D eigenvalue weighted by Crippen LogP contribution is -2.45. The lowest BCUT2D eigenvalue weighted by atomic mass is 10.0. The summed E-state index contributed by atoms with van der Waals surface area (Å²) < 4.78 is 5.77. The predicted molar refractivity (Wildman–Crippen MR) is 164 cm³/mol. The van der Waals surface area contributed by atoms with Crippen molar-refractivity contribution in [1.29, 1.82) is 0 Å². The number of aliphatic hydroxyl groups excluding tert-OH is 1. The first-order valence-corrected chi connectivity index (χ1v) is 15.1. The van der Waals surface area contributed by atoms with Gasteiger partial charge in [-0.2, -0.15) is 4.99 Å². The van der Waals surface area contributed by atoms with Crippen molar-refractivity contribution in [3.63, 3.8) is 0 Å². The fraction of sp³-hybridized carbons (Fsp3) is 0.400. The minimum absolute atomic E-state index is 0.123. The molecule has 11 nitrogen and oxygen atoms in total. The molecule has 1 unspecified atom stereocenters. The van der Waals surface area contributed by atoms with Crippen LogP contribution in [-0.2, 0) is 9.59 Å². The molecule has 4 heterocycles. The number of nitrogens with zero attached hydrogens (tertiary/aromatic N) is 3. The largest absolute Gasteiger partial charge is 0.489 e. The number of piperidine rings is 2. The molecule has 1 aromatic heterocycles. The van der Waals surface area contributed by atoms with Crippen LogP contribution in [0.2, 0.25) is 0 Å². The van der Waals surface area contributed by atoms with Gasteiger partial charge in [-0.15, -0.1) is 0 Å². The molecule has 3 aliphatic heterocycles. The molecule has 0 aliphatic carbocycles. The zero-order valence-electron chi connectivity index (χ0n) is 23.2. The number of thioether (sulfide) groups is 1. The van der Waals surface area contributed by atoms with Crippen LogP contribution >= 0.6 is 11.8 Å². The fourth-order valence-corrected chi connectivity index (χ4v) is 6.42. The van der Waals surface area contributed by atoms with E-state index in [0.717, 1.165) is 37.2 Å². The summed E-state index contributed by atoms with van der Waals surface area (Å²) in [7, 11) is 0. The first-order valence-electron chi connectivity index (χ1n) is 14.3. The second-order valence-corrected chi connectivity index (χ2v) is 11.8. The lowest BCUT2D eigenvalue weighted by molar-refractivity contribution is -0.120. The Morgan fingerprint density at radius 1 is 1.02 bits per heavy atom. The number of ketones is 1. The minimum atomic E-state index is -0.680. The van der Waals surface area contributed by atoms with Gasteiger partial charge in [0, 0.05) is 57.3 Å². The van der Waals surface area contributed by atoms with Gasteiger partial charge < -0.3 is 34.9 Å². The number of hydrogen-bond acceptors (Lipinski definition) is 9. The molecule has 42 heavy (non-hydrogen) atoms. The van der Waals surface area contributed by atoms with E-state index in [9.17, 15) is 19.5 Å². The zero-order valence-corrected chi connectivity index (χ0v) is 24.0. The van der Waals surface area contributed by atoms with Crippen LogP contribution < -0.4 is 20.6 Å². The molecule has 12 heteroatoms. The number of aliphatic hydroxyl groups is 1. The normalized spacial score (nSPS) is 20.0. The van der Waals surface area contributed by atoms with Crippen molar-refractivity contribution in [2.24, 2.45) is 4.99 Å². The number of H-pyrrole nitrogens is 2. The molecule has 6 rings (SSSR count). The van der Waals surface area contributed by atoms with Crippen molar-refractivity contribution in [2.45, 2.75) is 37.8 Å². The number of nitrogens with one attached hydrogen (secondary N) is 3. The number of rotatable bonds is 8. The molecule has 2 saturated heterocycles. The second kappa shape index (κ2) is 12.6. The van der Waals surface area contributed by atoms with E-state index >= 15 is 0 Å². The number of amides is 1. The number of para-hydroxylation sites is 1. The number of hydrogen-bond donors (Lipinski definition) is 4. The molecule has 2 aromatic carbocycles. The number of aromatic amines is 2. The van der Waals surface area contributed by atoms with Crippen LogP contribution in [0.25, 0.3) is 17.1 Å². The highest BCUT2D eigenvalue weighted by molar-refractivity contribution is 8.18. The standard InChI is InChI=1S/C30H34N6O5S/c37-22-10-14-36(15-11-22)30-34-28(39)26(42-30)16-19-4-6-21(7-5-19)35-12-8-20(9-13-35)31-17-23(38)18-41-25-3-1-2-24-27(25)33-29(40)32-24/h1-7,16,20,23,31,38H,8-15,17-18H2,(H2,32,33,40)/b26-16-. The first-order chi connectivity index (χ1) is 20.4. The molecular formula is C30H34N6O5S. The van der Waals surface area contributed by atoms with Crippen LogP contribution in [0.1, 0.15) is 31.2 Å². The fourth-order valence-electron chi connectivity index (χ4n) is 5.45. The van der Waals surface area contributed by atoms with Crippen LogP contribution in [0.3, 0.4) is 0 Å². The number of Topliss-reactive ketones (excluding diaryl/α,β-unsaturated/α-hetero) is 1. The molecular weight excluding hydrogens is 556 g/mol. The van der Waals surface area contributed by atoms with Crippen molar-refractivity contribution in [3.8, 4) is 5.75 Å². The van der Waals surface area contributed by atoms with Gasteiger partial charge in [0.2, 0.25) is 0 Å². The Balaban J connectivity index is 0.939. The van der Waals surface area contributed by atoms with Crippen molar-refractivity contribution < 1.29 is 19.4 Å². The summed E-state index contributed by atoms with van der Waals surface area (Å²) in [4.78, 5) is 50.2. The number of ether oxygens (including phenoxy) is 1. The summed E-state index contributed by atoms with van der Waals surface area (Å²) in [5.41, 5.74) is 3.07. The summed E-state index contributed by atoms with van der Waals surface area (Å²) in [6, 6.07) is 13.9. The van der Waals surface area contributed by atoms with Crippen molar-refractivity contribution >= 4 is 51.4 Å². The van der Waals surface area contributed by atoms with E-state index in [0.29, 0.717) is 65.4 Å². The molecule has 3 aliphatic rings. The third-order valence-electron chi connectivity index (χ3n) is 7.84. The van der Waals surface area contributed by atoms with Crippen LogP contribution in [0.5, 0.6) is 5.75 Å². The predicted octanol–water partition coefficient (Wildman–Crippen LogP) is 2.49. The number of likely N-dealkylation sites (tertiary alicyclic amines) is 1. The number of carbonyl (C=O) groups is 2. The van der Waals surface area contributed by atoms with Gasteiger partial charge in [-0.3, -0.25) is 9.59 Å². The van der Waals surface area contributed by atoms with E-state index in [2.05, 4.69) is 37.3 Å². The zero-order chi connectivity index (χ0) is 29.1. The topological polar surface area (TPSA) is 143 Å². The molecule has 0 saturated carbocycles. The van der Waals surface area contributed by atoms with E-state index in [1.807, 2.05) is 23.1 Å². The van der Waals surface area contributed by atoms with Crippen molar-refractivity contribution in [1.82, 2.24) is 20.2 Å². The molecule has 3 aromatic rings. The quantitative estimate of drug-likeness (QED) is 0.291. The summed E-state index contributed by atoms with van der Waals surface area (Å²) in [5, 5.41) is 14.6. The first kappa shape index (κ1) is 28.3.